The highest BCUT2D eigenvalue weighted by atomic mass is 16.6. The van der Waals surface area contributed by atoms with E-state index < -0.39 is 0 Å². The van der Waals surface area contributed by atoms with Crippen molar-refractivity contribution in [2.24, 2.45) is 5.16 Å². The summed E-state index contributed by atoms with van der Waals surface area (Å²) in [6, 6.07) is 8.09. The third kappa shape index (κ3) is 3.08. The first kappa shape index (κ1) is 10.2. The van der Waals surface area contributed by atoms with E-state index in [0.717, 1.165) is 18.4 Å². The summed E-state index contributed by atoms with van der Waals surface area (Å²) in [4.78, 5) is 5.35. The van der Waals surface area contributed by atoms with E-state index in [9.17, 15) is 0 Å². The summed E-state index contributed by atoms with van der Waals surface area (Å²) >= 11 is 0. The maximum absolute atomic E-state index is 5.35. The standard InChI is InChI=1S/C13H16NO/c1-11-6-8-12(9-7-11)10-14-15-13-4-2-3-5-13/h6-9,13H,2-5H2,1H3. The van der Waals surface area contributed by atoms with Crippen LogP contribution in [-0.2, 0) is 4.84 Å². The summed E-state index contributed by atoms with van der Waals surface area (Å²) in [5.74, 6) is 0. The summed E-state index contributed by atoms with van der Waals surface area (Å²) in [6.07, 6.45) is 8.04. The normalized spacial score (nSPS) is 17.4. The van der Waals surface area contributed by atoms with Crippen molar-refractivity contribution in [3.8, 4) is 0 Å². The molecule has 0 unspecified atom stereocenters. The highest BCUT2D eigenvalue weighted by Crippen LogP contribution is 2.20. The lowest BCUT2D eigenvalue weighted by atomic mass is 10.2. The molecule has 1 aromatic rings. The van der Waals surface area contributed by atoms with Gasteiger partial charge in [-0.3, -0.25) is 0 Å². The van der Waals surface area contributed by atoms with Gasteiger partial charge in [0, 0.05) is 5.56 Å². The van der Waals surface area contributed by atoms with Gasteiger partial charge in [-0.25, -0.2) is 0 Å². The van der Waals surface area contributed by atoms with Gasteiger partial charge in [0.05, 0.1) is 0 Å². The average Bonchev–Trinajstić information content (AvgIpc) is 2.74. The minimum Gasteiger partial charge on any atom is -0.392 e. The number of hydrogen-bond acceptors (Lipinski definition) is 2. The fourth-order valence-corrected chi connectivity index (χ4v) is 1.78. The van der Waals surface area contributed by atoms with Crippen LogP contribution in [0.1, 0.15) is 36.8 Å². The SMILES string of the molecule is Cc1ccc(/[C]=N/OC2CCCC2)cc1. The second kappa shape index (κ2) is 4.96. The van der Waals surface area contributed by atoms with Gasteiger partial charge in [-0.2, -0.15) is 0 Å². The summed E-state index contributed by atoms with van der Waals surface area (Å²) < 4.78 is 0. The summed E-state index contributed by atoms with van der Waals surface area (Å²) in [5, 5.41) is 3.90. The zero-order valence-electron chi connectivity index (χ0n) is 9.07. The second-order valence-electron chi connectivity index (χ2n) is 4.08. The molecule has 0 bridgehead atoms. The van der Waals surface area contributed by atoms with Gasteiger partial charge in [-0.15, -0.1) is 0 Å². The van der Waals surface area contributed by atoms with Crippen LogP contribution < -0.4 is 0 Å². The van der Waals surface area contributed by atoms with E-state index in [2.05, 4.69) is 18.3 Å². The first-order chi connectivity index (χ1) is 7.34. The molecule has 0 aromatic heterocycles. The van der Waals surface area contributed by atoms with Crippen LogP contribution in [0.5, 0.6) is 0 Å². The number of aryl methyl sites for hydroxylation is 1. The van der Waals surface area contributed by atoms with Gasteiger partial charge < -0.3 is 4.84 Å². The molecule has 0 atom stereocenters. The largest absolute Gasteiger partial charge is 0.392 e. The molecule has 0 aliphatic heterocycles. The van der Waals surface area contributed by atoms with Gasteiger partial charge in [0.25, 0.3) is 0 Å². The molecule has 2 rings (SSSR count). The second-order valence-corrected chi connectivity index (χ2v) is 4.08. The Balaban J connectivity index is 1.85. The minimum atomic E-state index is 0.322. The maximum atomic E-state index is 5.35. The van der Waals surface area contributed by atoms with Crippen LogP contribution in [0, 0.1) is 6.92 Å². The number of nitrogens with zero attached hydrogens (tertiary/aromatic N) is 1. The Labute approximate surface area is 90.9 Å². The molecular formula is C13H16NO. The van der Waals surface area contributed by atoms with Crippen molar-refractivity contribution < 1.29 is 4.84 Å². The van der Waals surface area contributed by atoms with Crippen LogP contribution in [0.3, 0.4) is 0 Å². The van der Waals surface area contributed by atoms with Crippen molar-refractivity contribution in [2.45, 2.75) is 38.7 Å². The molecule has 1 radical (unpaired) electrons. The molecule has 0 heterocycles. The maximum Gasteiger partial charge on any atom is 0.139 e. The predicted octanol–water partition coefficient (Wildman–Crippen LogP) is 3.17. The smallest absolute Gasteiger partial charge is 0.139 e. The molecule has 15 heavy (non-hydrogen) atoms. The molecule has 0 N–H and O–H groups in total. The third-order valence-electron chi connectivity index (χ3n) is 2.73. The van der Waals surface area contributed by atoms with Crippen molar-refractivity contribution in [3.05, 3.63) is 35.4 Å². The molecule has 1 fully saturated rings. The average molecular weight is 202 g/mol. The Kier molecular flexibility index (Phi) is 3.38. The fraction of sp³-hybridized carbons (Fsp3) is 0.462. The van der Waals surface area contributed by atoms with Gasteiger partial charge in [-0.05, 0) is 32.6 Å². The van der Waals surface area contributed by atoms with Crippen molar-refractivity contribution in [1.29, 1.82) is 0 Å². The number of benzene rings is 1. The van der Waals surface area contributed by atoms with Gasteiger partial charge >= 0.3 is 0 Å². The Hall–Kier alpha value is -1.31. The molecule has 2 heteroatoms. The van der Waals surface area contributed by atoms with Gasteiger partial charge in [0.15, 0.2) is 0 Å². The molecular weight excluding hydrogens is 186 g/mol. The molecule has 1 aromatic carbocycles. The Morgan fingerprint density at radius 1 is 1.20 bits per heavy atom. The van der Waals surface area contributed by atoms with Gasteiger partial charge in [0.2, 0.25) is 0 Å². The van der Waals surface area contributed by atoms with Gasteiger partial charge in [-0.1, -0.05) is 35.0 Å². The minimum absolute atomic E-state index is 0.322. The van der Waals surface area contributed by atoms with Gasteiger partial charge in [0.1, 0.15) is 12.3 Å². The fourth-order valence-electron chi connectivity index (χ4n) is 1.78. The highest BCUT2D eigenvalue weighted by molar-refractivity contribution is 5.79. The van der Waals surface area contributed by atoms with Crippen LogP contribution >= 0.6 is 0 Å². The quantitative estimate of drug-likeness (QED) is 0.545. The van der Waals surface area contributed by atoms with E-state index >= 15 is 0 Å². The molecule has 0 saturated heterocycles. The summed E-state index contributed by atoms with van der Waals surface area (Å²) in [7, 11) is 0. The topological polar surface area (TPSA) is 21.6 Å². The molecule has 1 aliphatic carbocycles. The molecule has 1 saturated carbocycles. The van der Waals surface area contributed by atoms with E-state index in [0.29, 0.717) is 6.10 Å². The molecule has 1 aliphatic rings. The lowest BCUT2D eigenvalue weighted by Crippen LogP contribution is -2.02. The van der Waals surface area contributed by atoms with Crippen LogP contribution in [0.2, 0.25) is 0 Å². The summed E-state index contributed by atoms with van der Waals surface area (Å²) in [6.45, 7) is 2.07. The molecule has 79 valence electrons. The van der Waals surface area contributed by atoms with E-state index in [1.54, 1.807) is 0 Å². The van der Waals surface area contributed by atoms with E-state index in [1.165, 1.54) is 18.4 Å². The van der Waals surface area contributed by atoms with E-state index in [-0.39, 0.29) is 0 Å². The molecule has 0 spiro atoms. The zero-order chi connectivity index (χ0) is 10.5. The monoisotopic (exact) mass is 202 g/mol. The predicted molar refractivity (Wildman–Crippen MR) is 61.1 cm³/mol. The Morgan fingerprint density at radius 2 is 1.87 bits per heavy atom. The van der Waals surface area contributed by atoms with Crippen LogP contribution in [0.4, 0.5) is 0 Å². The Bertz CT molecular complexity index is 323. The lowest BCUT2D eigenvalue weighted by Gasteiger charge is -2.04. The number of rotatable bonds is 3. The zero-order valence-corrected chi connectivity index (χ0v) is 9.07. The van der Waals surface area contributed by atoms with Crippen molar-refractivity contribution in [1.82, 2.24) is 0 Å². The van der Waals surface area contributed by atoms with Crippen LogP contribution in [0.25, 0.3) is 0 Å². The first-order valence-corrected chi connectivity index (χ1v) is 5.53. The molecule has 0 amide bonds. The molecule has 2 nitrogen and oxygen atoms in total. The lowest BCUT2D eigenvalue weighted by molar-refractivity contribution is 0.0657. The van der Waals surface area contributed by atoms with Crippen LogP contribution in [-0.4, -0.2) is 12.3 Å². The highest BCUT2D eigenvalue weighted by Gasteiger charge is 2.15. The summed E-state index contributed by atoms with van der Waals surface area (Å²) in [5.41, 5.74) is 2.22. The van der Waals surface area contributed by atoms with Crippen molar-refractivity contribution in [3.63, 3.8) is 0 Å². The van der Waals surface area contributed by atoms with E-state index in [4.69, 9.17) is 4.84 Å². The Morgan fingerprint density at radius 3 is 2.53 bits per heavy atom. The van der Waals surface area contributed by atoms with Crippen molar-refractivity contribution in [2.75, 3.05) is 0 Å². The number of hydrogen-bond donors (Lipinski definition) is 0. The van der Waals surface area contributed by atoms with E-state index in [1.807, 2.05) is 24.3 Å². The van der Waals surface area contributed by atoms with Crippen molar-refractivity contribution >= 4 is 6.21 Å². The first-order valence-electron chi connectivity index (χ1n) is 5.53. The third-order valence-corrected chi connectivity index (χ3v) is 2.73. The van der Waals surface area contributed by atoms with Crippen LogP contribution in [0.15, 0.2) is 29.4 Å².